The van der Waals surface area contributed by atoms with Crippen LogP contribution in [0.5, 0.6) is 0 Å². The highest BCUT2D eigenvalue weighted by atomic mass is 16.5. The molecule has 22 heavy (non-hydrogen) atoms. The minimum atomic E-state index is -0.362. The van der Waals surface area contributed by atoms with Gasteiger partial charge in [0.15, 0.2) is 0 Å². The highest BCUT2D eigenvalue weighted by molar-refractivity contribution is 6.02. The van der Waals surface area contributed by atoms with Crippen molar-refractivity contribution in [2.45, 2.75) is 20.0 Å². The maximum absolute atomic E-state index is 11.7. The molecule has 0 aromatic heterocycles. The molecule has 0 fully saturated rings. The van der Waals surface area contributed by atoms with Crippen LogP contribution in [-0.4, -0.2) is 12.6 Å². The summed E-state index contributed by atoms with van der Waals surface area (Å²) in [6.45, 7) is 2.92. The van der Waals surface area contributed by atoms with Gasteiger partial charge in [0.05, 0.1) is 0 Å². The second-order valence-corrected chi connectivity index (χ2v) is 5.30. The number of nitrogens with one attached hydrogen (secondary N) is 1. The molecule has 0 unspecified atom stereocenters. The topological polar surface area (TPSA) is 38.3 Å². The molecule has 3 rings (SSSR count). The highest BCUT2D eigenvalue weighted by Gasteiger charge is 2.09. The Morgan fingerprint density at radius 3 is 2.18 bits per heavy atom. The van der Waals surface area contributed by atoms with E-state index >= 15 is 0 Å². The molecule has 3 heteroatoms. The average molecular weight is 293 g/mol. The Kier molecular flexibility index (Phi) is 4.24. The van der Waals surface area contributed by atoms with E-state index in [-0.39, 0.29) is 12.7 Å². The number of hydrogen-bond donors (Lipinski definition) is 1. The van der Waals surface area contributed by atoms with Gasteiger partial charge in [-0.1, -0.05) is 55.5 Å². The van der Waals surface area contributed by atoms with Crippen molar-refractivity contribution in [1.29, 1.82) is 0 Å². The maximum Gasteiger partial charge on any atom is 0.407 e. The van der Waals surface area contributed by atoms with Gasteiger partial charge in [0.2, 0.25) is 0 Å². The molecule has 0 spiro atoms. The van der Waals surface area contributed by atoms with Crippen molar-refractivity contribution < 1.29 is 9.53 Å². The second kappa shape index (κ2) is 6.48. The van der Waals surface area contributed by atoms with Crippen LogP contribution < -0.4 is 5.32 Å². The summed E-state index contributed by atoms with van der Waals surface area (Å²) in [5.74, 6) is 0. The highest BCUT2D eigenvalue weighted by Crippen LogP contribution is 2.28. The zero-order chi connectivity index (χ0) is 15.4. The summed E-state index contributed by atoms with van der Waals surface area (Å²) in [5.41, 5.74) is 1.06. The summed E-state index contributed by atoms with van der Waals surface area (Å²) < 4.78 is 5.40. The van der Waals surface area contributed by atoms with Crippen LogP contribution in [0.2, 0.25) is 0 Å². The Bertz CT molecular complexity index is 757. The summed E-state index contributed by atoms with van der Waals surface area (Å²) in [5, 5.41) is 7.32. The van der Waals surface area contributed by atoms with E-state index in [1.165, 1.54) is 0 Å². The third-order valence-corrected chi connectivity index (χ3v) is 3.75. The molecule has 3 nitrogen and oxygen atoms in total. The SMILES string of the molecule is CCCNC(=O)OCc1c2ccccc2cc2ccccc12. The van der Waals surface area contributed by atoms with Gasteiger partial charge in [0, 0.05) is 12.1 Å². The predicted octanol–water partition coefficient (Wildman–Crippen LogP) is 4.63. The van der Waals surface area contributed by atoms with E-state index in [1.54, 1.807) is 0 Å². The van der Waals surface area contributed by atoms with Crippen LogP contribution in [0.1, 0.15) is 18.9 Å². The summed E-state index contributed by atoms with van der Waals surface area (Å²) in [6.07, 6.45) is 0.533. The predicted molar refractivity (Wildman–Crippen MR) is 89.9 cm³/mol. The Hall–Kier alpha value is -2.55. The third kappa shape index (κ3) is 2.89. The van der Waals surface area contributed by atoms with Crippen LogP contribution in [0.25, 0.3) is 21.5 Å². The lowest BCUT2D eigenvalue weighted by molar-refractivity contribution is 0.140. The number of benzene rings is 3. The van der Waals surface area contributed by atoms with E-state index in [9.17, 15) is 4.79 Å². The standard InChI is InChI=1S/C19H19NO2/c1-2-11-20-19(21)22-13-18-16-9-5-3-7-14(16)12-15-8-4-6-10-17(15)18/h3-10,12H,2,11,13H2,1H3,(H,20,21). The monoisotopic (exact) mass is 293 g/mol. The third-order valence-electron chi connectivity index (χ3n) is 3.75. The van der Waals surface area contributed by atoms with E-state index in [1.807, 2.05) is 31.2 Å². The molecule has 0 heterocycles. The fourth-order valence-corrected chi connectivity index (χ4v) is 2.68. The van der Waals surface area contributed by atoms with Gasteiger partial charge >= 0.3 is 6.09 Å². The summed E-state index contributed by atoms with van der Waals surface area (Å²) >= 11 is 0. The molecule has 0 saturated carbocycles. The van der Waals surface area contributed by atoms with Gasteiger partial charge in [0.1, 0.15) is 6.61 Å². The van der Waals surface area contributed by atoms with E-state index < -0.39 is 0 Å². The van der Waals surface area contributed by atoms with Gasteiger partial charge in [0.25, 0.3) is 0 Å². The first kappa shape index (κ1) is 14.4. The molecule has 1 N–H and O–H groups in total. The van der Waals surface area contributed by atoms with Gasteiger partial charge in [-0.25, -0.2) is 4.79 Å². The first-order valence-electron chi connectivity index (χ1n) is 7.59. The molecule has 3 aromatic carbocycles. The lowest BCUT2D eigenvalue weighted by atomic mass is 9.97. The molecule has 0 atom stereocenters. The van der Waals surface area contributed by atoms with Gasteiger partial charge < -0.3 is 10.1 Å². The van der Waals surface area contributed by atoms with Crippen molar-refractivity contribution in [3.05, 3.63) is 60.2 Å². The average Bonchev–Trinajstić information content (AvgIpc) is 2.56. The lowest BCUT2D eigenvalue weighted by Crippen LogP contribution is -2.24. The molecule has 0 aliphatic rings. The molecule has 0 radical (unpaired) electrons. The van der Waals surface area contributed by atoms with E-state index in [0.717, 1.165) is 33.5 Å². The molecular formula is C19H19NO2. The Labute approximate surface area is 129 Å². The van der Waals surface area contributed by atoms with E-state index in [4.69, 9.17) is 4.74 Å². The minimum absolute atomic E-state index is 0.275. The van der Waals surface area contributed by atoms with Crippen molar-refractivity contribution in [2.24, 2.45) is 0 Å². The fourth-order valence-electron chi connectivity index (χ4n) is 2.68. The Morgan fingerprint density at radius 1 is 1.00 bits per heavy atom. The van der Waals surface area contributed by atoms with Crippen LogP contribution in [0.3, 0.4) is 0 Å². The van der Waals surface area contributed by atoms with Crippen LogP contribution in [0.4, 0.5) is 4.79 Å². The number of hydrogen-bond acceptors (Lipinski definition) is 2. The number of alkyl carbamates (subject to hydrolysis) is 1. The summed E-state index contributed by atoms with van der Waals surface area (Å²) in [4.78, 5) is 11.7. The number of amides is 1. The first-order chi connectivity index (χ1) is 10.8. The minimum Gasteiger partial charge on any atom is -0.445 e. The Morgan fingerprint density at radius 2 is 1.59 bits per heavy atom. The second-order valence-electron chi connectivity index (χ2n) is 5.30. The van der Waals surface area contributed by atoms with Crippen molar-refractivity contribution in [3.8, 4) is 0 Å². The van der Waals surface area contributed by atoms with Crippen molar-refractivity contribution in [2.75, 3.05) is 6.54 Å². The molecular weight excluding hydrogens is 274 g/mol. The molecule has 0 aliphatic heterocycles. The van der Waals surface area contributed by atoms with Gasteiger partial charge in [-0.15, -0.1) is 0 Å². The van der Waals surface area contributed by atoms with Crippen LogP contribution in [0, 0.1) is 0 Å². The van der Waals surface area contributed by atoms with Gasteiger partial charge in [-0.2, -0.15) is 0 Å². The largest absolute Gasteiger partial charge is 0.445 e. The summed E-state index contributed by atoms with van der Waals surface area (Å²) in [7, 11) is 0. The lowest BCUT2D eigenvalue weighted by Gasteiger charge is -2.12. The van der Waals surface area contributed by atoms with Crippen molar-refractivity contribution in [3.63, 3.8) is 0 Å². The fraction of sp³-hybridized carbons (Fsp3) is 0.211. The van der Waals surface area contributed by atoms with Gasteiger partial charge in [-0.3, -0.25) is 0 Å². The quantitative estimate of drug-likeness (QED) is 0.712. The number of carbonyl (C=O) groups excluding carboxylic acids is 1. The number of carbonyl (C=O) groups is 1. The van der Waals surface area contributed by atoms with E-state index in [0.29, 0.717) is 6.54 Å². The molecule has 1 amide bonds. The number of ether oxygens (including phenoxy) is 1. The molecule has 112 valence electrons. The molecule has 0 bridgehead atoms. The van der Waals surface area contributed by atoms with E-state index in [2.05, 4.69) is 35.6 Å². The molecule has 0 saturated heterocycles. The van der Waals surface area contributed by atoms with Crippen molar-refractivity contribution >= 4 is 27.6 Å². The molecule has 3 aromatic rings. The molecule has 0 aliphatic carbocycles. The van der Waals surface area contributed by atoms with Gasteiger partial charge in [-0.05, 0) is 34.0 Å². The number of rotatable bonds is 4. The zero-order valence-corrected chi connectivity index (χ0v) is 12.6. The Balaban J connectivity index is 1.99. The zero-order valence-electron chi connectivity index (χ0n) is 12.6. The first-order valence-corrected chi connectivity index (χ1v) is 7.59. The van der Waals surface area contributed by atoms with Crippen LogP contribution in [-0.2, 0) is 11.3 Å². The van der Waals surface area contributed by atoms with Crippen molar-refractivity contribution in [1.82, 2.24) is 5.32 Å². The smallest absolute Gasteiger partial charge is 0.407 e. The summed E-state index contributed by atoms with van der Waals surface area (Å²) in [6, 6.07) is 18.6. The normalized spacial score (nSPS) is 10.8. The van der Waals surface area contributed by atoms with Crippen LogP contribution >= 0.6 is 0 Å². The van der Waals surface area contributed by atoms with Crippen LogP contribution in [0.15, 0.2) is 54.6 Å². The number of fused-ring (bicyclic) bond motifs is 2. The maximum atomic E-state index is 11.7.